The average molecular weight is 686 g/mol. The smallest absolute Gasteiger partial charge is 0.460 e. The zero-order valence-corrected chi connectivity index (χ0v) is 20.5. The van der Waals surface area contributed by atoms with E-state index >= 15 is 4.39 Å². The van der Waals surface area contributed by atoms with Gasteiger partial charge in [-0.1, -0.05) is 6.58 Å². The molecule has 0 rings (SSSR count). The molecular weight excluding hydrogens is 672 g/mol. The molecular formula is C19H14F20O4. The molecule has 0 aromatic rings. The van der Waals surface area contributed by atoms with Crippen LogP contribution in [0.15, 0.2) is 12.7 Å². The van der Waals surface area contributed by atoms with Crippen LogP contribution >= 0.6 is 0 Å². The number of carbonyl (C=O) groups is 2. The van der Waals surface area contributed by atoms with E-state index in [4.69, 9.17) is 0 Å². The third-order valence-corrected chi connectivity index (χ3v) is 5.12. The van der Waals surface area contributed by atoms with Crippen molar-refractivity contribution in [2.75, 3.05) is 0 Å². The Morgan fingerprint density at radius 2 is 0.930 bits per heavy atom. The average Bonchev–Trinajstić information content (AvgIpc) is 2.79. The van der Waals surface area contributed by atoms with Crippen molar-refractivity contribution in [1.82, 2.24) is 0 Å². The molecule has 0 N–H and O–H groups in total. The Balaban J connectivity index is 7.41. The Labute approximate surface area is 224 Å². The van der Waals surface area contributed by atoms with Gasteiger partial charge in [-0.25, -0.2) is 9.18 Å². The van der Waals surface area contributed by atoms with Crippen LogP contribution in [0.25, 0.3) is 0 Å². The van der Waals surface area contributed by atoms with E-state index in [-0.39, 0.29) is 0 Å². The molecule has 4 nitrogen and oxygen atoms in total. The molecule has 1 atom stereocenters. The molecule has 0 spiro atoms. The van der Waals surface area contributed by atoms with Crippen LogP contribution in [0.1, 0.15) is 26.7 Å². The van der Waals surface area contributed by atoms with E-state index in [9.17, 15) is 93.0 Å². The number of hydrogen-bond acceptors (Lipinski definition) is 4. The van der Waals surface area contributed by atoms with Gasteiger partial charge in [-0.15, -0.1) is 0 Å². The first kappa shape index (κ1) is 40.3. The summed E-state index contributed by atoms with van der Waals surface area (Å²) < 4.78 is 280. The molecule has 0 aliphatic rings. The molecule has 0 saturated carbocycles. The maximum atomic E-state index is 15.2. The molecule has 0 aromatic heterocycles. The Morgan fingerprint density at radius 1 is 0.605 bits per heavy atom. The van der Waals surface area contributed by atoms with E-state index in [0.717, 1.165) is 13.8 Å². The molecule has 0 fully saturated rings. The van der Waals surface area contributed by atoms with Crippen molar-refractivity contribution in [2.45, 2.75) is 92.2 Å². The fourth-order valence-corrected chi connectivity index (χ4v) is 2.74. The topological polar surface area (TPSA) is 52.6 Å². The predicted molar refractivity (Wildman–Crippen MR) is 96.2 cm³/mol. The van der Waals surface area contributed by atoms with Crippen LogP contribution in [0.2, 0.25) is 0 Å². The highest BCUT2D eigenvalue weighted by atomic mass is 19.4. The number of alkyl halides is 20. The Morgan fingerprint density at radius 3 is 1.23 bits per heavy atom. The summed E-state index contributed by atoms with van der Waals surface area (Å²) in [5.41, 5.74) is -7.11. The van der Waals surface area contributed by atoms with Gasteiger partial charge in [-0.2, -0.15) is 83.4 Å². The van der Waals surface area contributed by atoms with Crippen molar-refractivity contribution in [3.05, 3.63) is 12.7 Å². The zero-order valence-electron chi connectivity index (χ0n) is 20.5. The lowest BCUT2D eigenvalue weighted by atomic mass is 9.81. The third kappa shape index (κ3) is 6.01. The van der Waals surface area contributed by atoms with Gasteiger partial charge in [0.1, 0.15) is 0 Å². The van der Waals surface area contributed by atoms with Gasteiger partial charge < -0.3 is 9.47 Å². The van der Waals surface area contributed by atoms with Gasteiger partial charge in [0.2, 0.25) is 0 Å². The van der Waals surface area contributed by atoms with Crippen LogP contribution in [0, 0.1) is 0 Å². The number of carbonyl (C=O) groups excluding carboxylic acids is 2. The van der Waals surface area contributed by atoms with Crippen LogP contribution in [0.4, 0.5) is 87.8 Å². The summed E-state index contributed by atoms with van der Waals surface area (Å²) >= 11 is 0. The second-order valence-electron chi connectivity index (χ2n) is 8.50. The molecule has 0 amide bonds. The van der Waals surface area contributed by atoms with Crippen molar-refractivity contribution in [2.24, 2.45) is 0 Å². The highest BCUT2D eigenvalue weighted by molar-refractivity contribution is 5.81. The van der Waals surface area contributed by atoms with E-state index in [2.05, 4.69) is 16.1 Å². The van der Waals surface area contributed by atoms with Crippen molar-refractivity contribution in [3.8, 4) is 0 Å². The first-order chi connectivity index (χ1) is 18.5. The molecule has 43 heavy (non-hydrogen) atoms. The molecule has 0 heterocycles. The first-order valence-corrected chi connectivity index (χ1v) is 10.3. The monoisotopic (exact) mass is 686 g/mol. The van der Waals surface area contributed by atoms with Gasteiger partial charge in [0.15, 0.2) is 0 Å². The van der Waals surface area contributed by atoms with Crippen LogP contribution in [-0.4, -0.2) is 77.5 Å². The summed E-state index contributed by atoms with van der Waals surface area (Å²) in [7, 11) is 0. The maximum absolute atomic E-state index is 15.2. The molecule has 0 aliphatic heterocycles. The van der Waals surface area contributed by atoms with Crippen molar-refractivity contribution < 1.29 is 107 Å². The van der Waals surface area contributed by atoms with E-state index in [0.29, 0.717) is 0 Å². The number of rotatable bonds is 14. The van der Waals surface area contributed by atoms with Crippen LogP contribution in [0.5, 0.6) is 0 Å². The molecule has 254 valence electrons. The van der Waals surface area contributed by atoms with E-state index in [1.54, 1.807) is 0 Å². The summed E-state index contributed by atoms with van der Waals surface area (Å²) in [5, 5.41) is 0. The van der Waals surface area contributed by atoms with Gasteiger partial charge >= 0.3 is 65.7 Å². The van der Waals surface area contributed by atoms with E-state index in [1.807, 2.05) is 0 Å². The lowest BCUT2D eigenvalue weighted by Gasteiger charge is -2.46. The molecule has 0 aliphatic carbocycles. The van der Waals surface area contributed by atoms with E-state index < -0.39 is 96.4 Å². The fourth-order valence-electron chi connectivity index (χ4n) is 2.74. The maximum Gasteiger partial charge on any atom is 0.460 e. The number of halogens is 20. The minimum Gasteiger partial charge on any atom is -0.463 e. The van der Waals surface area contributed by atoms with Crippen LogP contribution < -0.4 is 0 Å². The molecule has 0 radical (unpaired) electrons. The number of hydrogen-bond donors (Lipinski definition) is 0. The largest absolute Gasteiger partial charge is 0.463 e. The Bertz CT molecular complexity index is 1050. The van der Waals surface area contributed by atoms with Gasteiger partial charge in [0.05, 0.1) is 6.10 Å². The highest BCUT2D eigenvalue weighted by Gasteiger charge is 2.97. The summed E-state index contributed by atoms with van der Waals surface area (Å²) in [6.45, 7) is 4.19. The summed E-state index contributed by atoms with van der Waals surface area (Å²) in [5.74, 6) is -67.0. The van der Waals surface area contributed by atoms with Crippen LogP contribution in [-0.2, 0) is 19.1 Å². The lowest BCUT2D eigenvalue weighted by molar-refractivity contribution is -0.473. The number of ether oxygens (including phenoxy) is 2. The SMILES string of the molecule is C=CC(=O)OC(F)(F)C(F)(CCC(=O)OC(C)C)C(F)(F)C(F)(F)C(F)(F)C(F)(F)C(F)(F)C(F)(F)C(F)(F)C(F)(F)F. The first-order valence-electron chi connectivity index (χ1n) is 10.3. The highest BCUT2D eigenvalue weighted by Crippen LogP contribution is 2.66. The van der Waals surface area contributed by atoms with Crippen molar-refractivity contribution in [1.29, 1.82) is 0 Å². The third-order valence-electron chi connectivity index (χ3n) is 5.12. The molecule has 24 heteroatoms. The Hall–Kier alpha value is -2.72. The fraction of sp³-hybridized carbons (Fsp3) is 0.789. The van der Waals surface area contributed by atoms with Crippen molar-refractivity contribution >= 4 is 11.9 Å². The quantitative estimate of drug-likeness (QED) is 0.107. The van der Waals surface area contributed by atoms with Gasteiger partial charge in [-0.05, 0) is 13.8 Å². The van der Waals surface area contributed by atoms with Crippen LogP contribution in [0.3, 0.4) is 0 Å². The lowest BCUT2D eigenvalue weighted by Crippen LogP contribution is -2.77. The normalized spacial score (nSPS) is 16.5. The molecule has 1 unspecified atom stereocenters. The minimum absolute atomic E-state index is 0.468. The van der Waals surface area contributed by atoms with Crippen molar-refractivity contribution in [3.63, 3.8) is 0 Å². The van der Waals surface area contributed by atoms with E-state index in [1.165, 1.54) is 0 Å². The summed E-state index contributed by atoms with van der Waals surface area (Å²) in [6, 6.07) is 0. The number of esters is 2. The zero-order chi connectivity index (χ0) is 35.3. The standard InChI is InChI=1S/C19H14F20O4/c1-4-8(40)43-19(38,39)10(20,6-5-9(41)42-7(2)3)11(21,22)12(23,24)13(25,26)14(27,28)15(29,30)16(31,32)17(33,34)18(35,36)37/h4,7H,1,5-6H2,2-3H3. The minimum atomic E-state index is -9.20. The Kier molecular flexibility index (Phi) is 10.6. The molecule has 0 saturated heterocycles. The second kappa shape index (κ2) is 11.3. The van der Waals surface area contributed by atoms with Gasteiger partial charge in [-0.3, -0.25) is 4.79 Å². The second-order valence-corrected chi connectivity index (χ2v) is 8.50. The predicted octanol–water partition coefficient (Wildman–Crippen LogP) is 7.76. The molecule has 0 aromatic carbocycles. The van der Waals surface area contributed by atoms with Gasteiger partial charge in [0, 0.05) is 18.9 Å². The summed E-state index contributed by atoms with van der Waals surface area (Å²) in [6.07, 6.45) is -22.5. The van der Waals surface area contributed by atoms with Gasteiger partial charge in [0.25, 0.3) is 5.67 Å². The molecule has 0 bridgehead atoms. The summed E-state index contributed by atoms with van der Waals surface area (Å²) in [4.78, 5) is 22.4.